The van der Waals surface area contributed by atoms with Gasteiger partial charge in [0.15, 0.2) is 0 Å². The molecule has 0 saturated heterocycles. The van der Waals surface area contributed by atoms with Crippen molar-refractivity contribution >= 4 is 11.8 Å². The second-order valence-electron chi connectivity index (χ2n) is 9.76. The van der Waals surface area contributed by atoms with E-state index in [0.29, 0.717) is 35.6 Å². The van der Waals surface area contributed by atoms with Gasteiger partial charge in [-0.15, -0.1) is 0 Å². The van der Waals surface area contributed by atoms with Gasteiger partial charge in [-0.1, -0.05) is 26.7 Å². The molecule has 2 amide bonds. The number of furan rings is 2. The van der Waals surface area contributed by atoms with Crippen LogP contribution in [0.5, 0.6) is 0 Å². The summed E-state index contributed by atoms with van der Waals surface area (Å²) in [7, 11) is 0. The molecule has 1 aliphatic heterocycles. The minimum atomic E-state index is -1.09. The number of aromatic nitrogens is 1. The first kappa shape index (κ1) is 21.6. The first-order valence-corrected chi connectivity index (χ1v) is 11.8. The Hall–Kier alpha value is -3.22. The first-order chi connectivity index (χ1) is 15.9. The van der Waals surface area contributed by atoms with E-state index >= 15 is 0 Å². The van der Waals surface area contributed by atoms with Crippen LogP contribution in [0.2, 0.25) is 0 Å². The third-order valence-electron chi connectivity index (χ3n) is 7.69. The highest BCUT2D eigenvalue weighted by Crippen LogP contribution is 2.35. The molecule has 1 N–H and O–H groups in total. The molecule has 1 saturated carbocycles. The molecule has 0 aromatic carbocycles. The van der Waals surface area contributed by atoms with Crippen LogP contribution >= 0.6 is 0 Å². The summed E-state index contributed by atoms with van der Waals surface area (Å²) in [5.41, 5.74) is 0.245. The van der Waals surface area contributed by atoms with E-state index in [-0.39, 0.29) is 24.4 Å². The molecule has 4 heterocycles. The van der Waals surface area contributed by atoms with Crippen molar-refractivity contribution in [3.8, 4) is 11.5 Å². The maximum absolute atomic E-state index is 13.9. The van der Waals surface area contributed by atoms with Crippen LogP contribution in [0.25, 0.3) is 11.5 Å². The molecule has 5 rings (SSSR count). The van der Waals surface area contributed by atoms with E-state index in [1.54, 1.807) is 29.6 Å². The van der Waals surface area contributed by atoms with Gasteiger partial charge in [-0.2, -0.15) is 0 Å². The molecule has 0 radical (unpaired) electrons. The SMILES string of the molecule is C[C@H]1[C@H](C)CCC[C@@H]1NC(=O)[C@@]1(C)Cn2c(ccc2-c2ccco2)C(=O)N1Cc1ccco1. The van der Waals surface area contributed by atoms with Crippen LogP contribution < -0.4 is 5.32 Å². The number of carbonyl (C=O) groups excluding carboxylic acids is 2. The van der Waals surface area contributed by atoms with Gasteiger partial charge in [0, 0.05) is 6.04 Å². The summed E-state index contributed by atoms with van der Waals surface area (Å²) in [6, 6.07) is 11.1. The number of hydrogen-bond donors (Lipinski definition) is 1. The van der Waals surface area contributed by atoms with E-state index in [9.17, 15) is 9.59 Å². The van der Waals surface area contributed by atoms with Crippen LogP contribution in [0, 0.1) is 11.8 Å². The summed E-state index contributed by atoms with van der Waals surface area (Å²) in [5.74, 6) is 1.95. The van der Waals surface area contributed by atoms with Gasteiger partial charge < -0.3 is 23.6 Å². The molecule has 0 spiro atoms. The van der Waals surface area contributed by atoms with Crippen molar-refractivity contribution in [1.82, 2.24) is 14.8 Å². The largest absolute Gasteiger partial charge is 0.467 e. The molecule has 1 aliphatic carbocycles. The predicted octanol–water partition coefficient (Wildman–Crippen LogP) is 4.70. The van der Waals surface area contributed by atoms with E-state index in [1.165, 1.54) is 6.42 Å². The van der Waals surface area contributed by atoms with Crippen LogP contribution in [0.1, 0.15) is 56.3 Å². The van der Waals surface area contributed by atoms with Crippen molar-refractivity contribution in [1.29, 1.82) is 0 Å². The average molecular weight is 450 g/mol. The Morgan fingerprint density at radius 1 is 1.09 bits per heavy atom. The van der Waals surface area contributed by atoms with Crippen LogP contribution in [0.4, 0.5) is 0 Å². The van der Waals surface area contributed by atoms with Crippen molar-refractivity contribution in [2.75, 3.05) is 0 Å². The van der Waals surface area contributed by atoms with Gasteiger partial charge in [-0.25, -0.2) is 0 Å². The Kier molecular flexibility index (Phi) is 5.43. The maximum atomic E-state index is 13.9. The summed E-state index contributed by atoms with van der Waals surface area (Å²) in [6.45, 7) is 6.88. The van der Waals surface area contributed by atoms with E-state index in [4.69, 9.17) is 8.83 Å². The Balaban J connectivity index is 1.51. The highest BCUT2D eigenvalue weighted by Gasteiger charge is 2.49. The van der Waals surface area contributed by atoms with Crippen molar-refractivity contribution in [2.45, 2.75) is 64.7 Å². The predicted molar refractivity (Wildman–Crippen MR) is 123 cm³/mol. The zero-order valence-corrected chi connectivity index (χ0v) is 19.4. The lowest BCUT2D eigenvalue weighted by Gasteiger charge is -2.45. The molecule has 1 fully saturated rings. The van der Waals surface area contributed by atoms with Gasteiger partial charge >= 0.3 is 0 Å². The highest BCUT2D eigenvalue weighted by atomic mass is 16.3. The van der Waals surface area contributed by atoms with Gasteiger partial charge in [-0.05, 0) is 61.6 Å². The summed E-state index contributed by atoms with van der Waals surface area (Å²) in [4.78, 5) is 29.2. The van der Waals surface area contributed by atoms with Gasteiger partial charge in [0.05, 0.1) is 31.3 Å². The van der Waals surface area contributed by atoms with Crippen molar-refractivity contribution in [3.05, 3.63) is 60.4 Å². The van der Waals surface area contributed by atoms with Gasteiger partial charge in [0.25, 0.3) is 5.91 Å². The first-order valence-electron chi connectivity index (χ1n) is 11.8. The van der Waals surface area contributed by atoms with Crippen molar-refractivity contribution in [3.63, 3.8) is 0 Å². The average Bonchev–Trinajstić information content (AvgIpc) is 3.56. The molecule has 174 valence electrons. The number of nitrogens with one attached hydrogen (secondary N) is 1. The Morgan fingerprint density at radius 2 is 1.85 bits per heavy atom. The molecular formula is C26H31N3O4. The third kappa shape index (κ3) is 3.69. The van der Waals surface area contributed by atoms with Gasteiger partial charge in [-0.3, -0.25) is 9.59 Å². The molecule has 7 nitrogen and oxygen atoms in total. The molecule has 0 unspecified atom stereocenters. The second-order valence-corrected chi connectivity index (χ2v) is 9.76. The van der Waals surface area contributed by atoms with Crippen LogP contribution in [0.15, 0.2) is 57.8 Å². The molecular weight excluding hydrogens is 418 g/mol. The van der Waals surface area contributed by atoms with Crippen molar-refractivity contribution < 1.29 is 18.4 Å². The third-order valence-corrected chi connectivity index (χ3v) is 7.69. The summed E-state index contributed by atoms with van der Waals surface area (Å²) >= 11 is 0. The lowest BCUT2D eigenvalue weighted by molar-refractivity contribution is -0.134. The summed E-state index contributed by atoms with van der Waals surface area (Å²) in [6.07, 6.45) is 6.45. The Morgan fingerprint density at radius 3 is 2.58 bits per heavy atom. The van der Waals surface area contributed by atoms with E-state index in [0.717, 1.165) is 18.5 Å². The number of fused-ring (bicyclic) bond motifs is 1. The van der Waals surface area contributed by atoms with Crippen LogP contribution in [-0.2, 0) is 17.9 Å². The maximum Gasteiger partial charge on any atom is 0.271 e. The molecule has 2 aliphatic rings. The summed E-state index contributed by atoms with van der Waals surface area (Å²) < 4.78 is 13.1. The molecule has 3 aromatic heterocycles. The fraction of sp³-hybridized carbons (Fsp3) is 0.462. The minimum absolute atomic E-state index is 0.106. The van der Waals surface area contributed by atoms with E-state index in [1.807, 2.05) is 35.8 Å². The fourth-order valence-electron chi connectivity index (χ4n) is 5.33. The Bertz CT molecular complexity index is 1130. The quantitative estimate of drug-likeness (QED) is 0.612. The van der Waals surface area contributed by atoms with Gasteiger partial charge in [0.2, 0.25) is 5.91 Å². The standard InChI is InChI=1S/C26H31N3O4/c1-17-7-4-9-20(18(17)2)27-25(31)26(3)16-28-21(23-10-6-14-33-23)11-12-22(28)24(30)29(26)15-19-8-5-13-32-19/h5-6,8,10-14,17-18,20H,4,7,9,15-16H2,1-3H3,(H,27,31)/t17-,18+,20+,26-/m1/s1. The minimum Gasteiger partial charge on any atom is -0.467 e. The smallest absolute Gasteiger partial charge is 0.271 e. The molecule has 4 atom stereocenters. The number of rotatable bonds is 5. The van der Waals surface area contributed by atoms with Crippen LogP contribution in [-0.4, -0.2) is 32.9 Å². The van der Waals surface area contributed by atoms with Crippen LogP contribution in [0.3, 0.4) is 0 Å². The topological polar surface area (TPSA) is 80.6 Å². The number of hydrogen-bond acceptors (Lipinski definition) is 4. The normalized spacial score (nSPS) is 27.4. The lowest BCUT2D eigenvalue weighted by Crippen LogP contribution is -2.65. The number of amides is 2. The molecule has 7 heteroatoms. The van der Waals surface area contributed by atoms with Gasteiger partial charge in [0.1, 0.15) is 22.8 Å². The Labute approximate surface area is 193 Å². The molecule has 0 bridgehead atoms. The summed E-state index contributed by atoms with van der Waals surface area (Å²) in [5, 5.41) is 3.32. The second kappa shape index (κ2) is 8.28. The number of nitrogens with zero attached hydrogens (tertiary/aromatic N) is 2. The van der Waals surface area contributed by atoms with E-state index < -0.39 is 5.54 Å². The zero-order chi connectivity index (χ0) is 23.2. The molecule has 3 aromatic rings. The lowest BCUT2D eigenvalue weighted by atomic mass is 9.77. The molecule has 33 heavy (non-hydrogen) atoms. The fourth-order valence-corrected chi connectivity index (χ4v) is 5.33. The zero-order valence-electron chi connectivity index (χ0n) is 19.4. The van der Waals surface area contributed by atoms with Crippen molar-refractivity contribution in [2.24, 2.45) is 11.8 Å². The monoisotopic (exact) mass is 449 g/mol. The highest BCUT2D eigenvalue weighted by molar-refractivity contribution is 6.00. The number of carbonyl (C=O) groups is 2. The van der Waals surface area contributed by atoms with E-state index in [2.05, 4.69) is 19.2 Å².